The van der Waals surface area contributed by atoms with Gasteiger partial charge in [0.1, 0.15) is 5.37 Å². The molecule has 1 aliphatic rings. The molecule has 126 valence electrons. The maximum absolute atomic E-state index is 11.7. The molecule has 2 rings (SSSR count). The van der Waals surface area contributed by atoms with E-state index in [1.165, 1.54) is 31.0 Å². The van der Waals surface area contributed by atoms with Crippen LogP contribution in [-0.2, 0) is 9.59 Å². The van der Waals surface area contributed by atoms with Gasteiger partial charge in [-0.1, -0.05) is 23.4 Å². The second kappa shape index (κ2) is 7.45. The van der Waals surface area contributed by atoms with Gasteiger partial charge < -0.3 is 5.32 Å². The monoisotopic (exact) mass is 368 g/mol. The van der Waals surface area contributed by atoms with Gasteiger partial charge in [-0.3, -0.25) is 19.7 Å². The number of thioether (sulfide) groups is 1. The van der Waals surface area contributed by atoms with E-state index in [1.54, 1.807) is 18.2 Å². The first-order valence-corrected chi connectivity index (χ1v) is 7.98. The van der Waals surface area contributed by atoms with Crippen LogP contribution in [0.2, 0.25) is 0 Å². The molecule has 1 aromatic rings. The van der Waals surface area contributed by atoms with Crippen molar-refractivity contribution in [3.63, 3.8) is 0 Å². The summed E-state index contributed by atoms with van der Waals surface area (Å²) in [4.78, 5) is 33.0. The van der Waals surface area contributed by atoms with Crippen LogP contribution in [0.5, 0.6) is 0 Å². The Kier molecular flexibility index (Phi) is 5.58. The zero-order chi connectivity index (χ0) is 17.9. The van der Waals surface area contributed by atoms with Crippen molar-refractivity contribution in [3.05, 3.63) is 45.0 Å². The molecule has 0 saturated heterocycles. The molecule has 1 atom stereocenters. The van der Waals surface area contributed by atoms with Crippen molar-refractivity contribution < 1.29 is 14.5 Å². The van der Waals surface area contributed by atoms with Crippen molar-refractivity contribution in [2.24, 2.45) is 5.10 Å². The predicted octanol–water partition coefficient (Wildman–Crippen LogP) is 2.50. The minimum Gasteiger partial charge on any atom is -0.304 e. The highest BCUT2D eigenvalue weighted by Crippen LogP contribution is 2.33. The largest absolute Gasteiger partial charge is 0.304 e. The average molecular weight is 369 g/mol. The maximum atomic E-state index is 11.7. The van der Waals surface area contributed by atoms with E-state index in [-0.39, 0.29) is 22.7 Å². The number of nitrogens with one attached hydrogen (secondary N) is 1. The number of amidine groups is 1. The summed E-state index contributed by atoms with van der Waals surface area (Å²) in [5.41, 5.74) is 0.614. The van der Waals surface area contributed by atoms with Gasteiger partial charge in [-0.05, 0) is 23.8 Å². The molecule has 2 amide bonds. The number of hydrogen-bond donors (Lipinski definition) is 1. The fraction of sp³-hybridized carbons (Fsp3) is 0.214. The van der Waals surface area contributed by atoms with Crippen LogP contribution in [0.25, 0.3) is 6.08 Å². The number of carbonyl (C=O) groups excluding carboxylic acids is 2. The van der Waals surface area contributed by atoms with Crippen molar-refractivity contribution in [1.82, 2.24) is 10.3 Å². The van der Waals surface area contributed by atoms with Gasteiger partial charge in [-0.2, -0.15) is 0 Å². The number of carbonyl (C=O) groups is 2. The Morgan fingerprint density at radius 1 is 1.38 bits per heavy atom. The summed E-state index contributed by atoms with van der Waals surface area (Å²) in [5, 5.41) is 18.3. The molecular formula is C14H13ClN4O4S. The molecule has 1 N–H and O–H groups in total. The number of rotatable bonds is 3. The Morgan fingerprint density at radius 3 is 2.50 bits per heavy atom. The van der Waals surface area contributed by atoms with Crippen molar-refractivity contribution in [2.45, 2.75) is 19.2 Å². The molecule has 0 aromatic heterocycles. The molecule has 1 aliphatic heterocycles. The zero-order valence-electron chi connectivity index (χ0n) is 12.7. The molecule has 0 saturated carbocycles. The topological polar surface area (TPSA) is 105 Å². The summed E-state index contributed by atoms with van der Waals surface area (Å²) in [6, 6.07) is 5.82. The highest BCUT2D eigenvalue weighted by atomic mass is 35.5. The highest BCUT2D eigenvalue weighted by molar-refractivity contribution is 8.14. The molecule has 8 nitrogen and oxygen atoms in total. The lowest BCUT2D eigenvalue weighted by Crippen LogP contribution is -2.29. The Bertz CT molecular complexity index is 748. The van der Waals surface area contributed by atoms with Crippen molar-refractivity contribution >= 4 is 52.1 Å². The van der Waals surface area contributed by atoms with Gasteiger partial charge in [0, 0.05) is 26.0 Å². The van der Waals surface area contributed by atoms with Crippen LogP contribution in [0.15, 0.2) is 34.4 Å². The van der Waals surface area contributed by atoms with E-state index in [4.69, 9.17) is 11.6 Å². The normalized spacial score (nSPS) is 17.5. The van der Waals surface area contributed by atoms with E-state index in [0.29, 0.717) is 10.6 Å². The van der Waals surface area contributed by atoms with E-state index < -0.39 is 10.3 Å². The molecule has 10 heteroatoms. The Labute approximate surface area is 146 Å². The van der Waals surface area contributed by atoms with Crippen LogP contribution in [-0.4, -0.2) is 32.3 Å². The van der Waals surface area contributed by atoms with E-state index in [1.807, 2.05) is 0 Å². The smallest absolute Gasteiger partial charge is 0.269 e. The van der Waals surface area contributed by atoms with Crippen LogP contribution < -0.4 is 5.32 Å². The van der Waals surface area contributed by atoms with Crippen LogP contribution in [0.1, 0.15) is 19.4 Å². The van der Waals surface area contributed by atoms with Gasteiger partial charge in [0.05, 0.1) is 9.96 Å². The number of benzene rings is 1. The molecule has 1 aromatic carbocycles. The van der Waals surface area contributed by atoms with Gasteiger partial charge in [-0.15, -0.1) is 5.10 Å². The molecule has 0 bridgehead atoms. The predicted molar refractivity (Wildman–Crippen MR) is 92.1 cm³/mol. The molecule has 0 fully saturated rings. The van der Waals surface area contributed by atoms with E-state index in [0.717, 1.165) is 11.8 Å². The number of nitro benzene ring substituents is 1. The Hall–Kier alpha value is -2.39. The number of nitro groups is 1. The van der Waals surface area contributed by atoms with Gasteiger partial charge >= 0.3 is 0 Å². The minimum atomic E-state index is -0.610. The minimum absolute atomic E-state index is 0.0276. The molecule has 0 spiro atoms. The lowest BCUT2D eigenvalue weighted by atomic mass is 10.2. The van der Waals surface area contributed by atoms with E-state index in [2.05, 4.69) is 10.4 Å². The third-order valence-electron chi connectivity index (χ3n) is 2.89. The van der Waals surface area contributed by atoms with Crippen LogP contribution in [0.3, 0.4) is 0 Å². The first-order chi connectivity index (χ1) is 11.3. The van der Waals surface area contributed by atoms with Crippen LogP contribution >= 0.6 is 23.4 Å². The maximum Gasteiger partial charge on any atom is 0.269 e. The summed E-state index contributed by atoms with van der Waals surface area (Å²) in [6.07, 6.45) is 1.59. The van der Waals surface area contributed by atoms with Gasteiger partial charge in [-0.25, -0.2) is 5.01 Å². The molecular weight excluding hydrogens is 356 g/mol. The number of hydrazone groups is 1. The highest BCUT2D eigenvalue weighted by Gasteiger charge is 2.33. The van der Waals surface area contributed by atoms with Crippen LogP contribution in [0.4, 0.5) is 5.69 Å². The lowest BCUT2D eigenvalue weighted by Gasteiger charge is -2.18. The molecule has 0 radical (unpaired) electrons. The number of amides is 2. The van der Waals surface area contributed by atoms with Gasteiger partial charge in [0.2, 0.25) is 11.8 Å². The average Bonchev–Trinajstić information content (AvgIpc) is 2.91. The van der Waals surface area contributed by atoms with Crippen molar-refractivity contribution in [1.29, 1.82) is 0 Å². The first-order valence-electron chi connectivity index (χ1n) is 6.72. The Balaban J connectivity index is 2.21. The zero-order valence-corrected chi connectivity index (χ0v) is 14.3. The van der Waals surface area contributed by atoms with Crippen molar-refractivity contribution in [3.8, 4) is 0 Å². The number of non-ortho nitro benzene ring substituents is 1. The van der Waals surface area contributed by atoms with Crippen molar-refractivity contribution in [2.75, 3.05) is 0 Å². The SMILES string of the molecule is CC(=O)NC1=NN(C(C)=O)[C@H](/C(Cl)=C/c2ccc([N+](=O)[O-])cc2)S1. The third-order valence-corrected chi connectivity index (χ3v) is 4.42. The van der Waals surface area contributed by atoms with E-state index in [9.17, 15) is 19.7 Å². The Morgan fingerprint density at radius 2 is 2.00 bits per heavy atom. The molecule has 0 unspecified atom stereocenters. The summed E-state index contributed by atoms with van der Waals surface area (Å²) in [7, 11) is 0. The lowest BCUT2D eigenvalue weighted by molar-refractivity contribution is -0.384. The number of hydrogen-bond acceptors (Lipinski definition) is 6. The summed E-state index contributed by atoms with van der Waals surface area (Å²) in [5.74, 6) is -0.635. The number of nitrogens with zero attached hydrogens (tertiary/aromatic N) is 3. The van der Waals surface area contributed by atoms with Gasteiger partial charge in [0.25, 0.3) is 5.69 Å². The second-order valence-electron chi connectivity index (χ2n) is 4.80. The molecule has 24 heavy (non-hydrogen) atoms. The van der Waals surface area contributed by atoms with Crippen LogP contribution in [0, 0.1) is 10.1 Å². The first kappa shape index (κ1) is 18.0. The summed E-state index contributed by atoms with van der Waals surface area (Å²) >= 11 is 7.42. The quantitative estimate of drug-likeness (QED) is 0.651. The summed E-state index contributed by atoms with van der Waals surface area (Å²) < 4.78 is 0. The number of halogens is 1. The fourth-order valence-corrected chi connectivity index (χ4v) is 3.24. The second-order valence-corrected chi connectivity index (χ2v) is 6.30. The standard InChI is InChI=1S/C14H13ClN4O4S/c1-8(20)16-14-17-18(9(2)21)13(24-14)12(15)7-10-3-5-11(6-4-10)19(22)23/h3-7,13H,1-2H3,(H,16,17,20)/b12-7-/t13-/m0/s1. The van der Waals surface area contributed by atoms with E-state index >= 15 is 0 Å². The summed E-state index contributed by atoms with van der Waals surface area (Å²) in [6.45, 7) is 2.67. The third kappa shape index (κ3) is 4.33. The van der Waals surface area contributed by atoms with Gasteiger partial charge in [0.15, 0.2) is 5.17 Å². The molecule has 1 heterocycles. The molecule has 0 aliphatic carbocycles. The fourth-order valence-electron chi connectivity index (χ4n) is 1.87.